The minimum absolute atomic E-state index is 0.142. The molecule has 0 radical (unpaired) electrons. The third-order valence-corrected chi connectivity index (χ3v) is 4.64. The molecule has 0 aliphatic rings. The van der Waals surface area contributed by atoms with Crippen LogP contribution in [-0.2, 0) is 9.59 Å². The minimum Gasteiger partial charge on any atom is -0.352 e. The van der Waals surface area contributed by atoms with E-state index in [2.05, 4.69) is 10.6 Å². The summed E-state index contributed by atoms with van der Waals surface area (Å²) < 4.78 is 0. The number of hydrogen-bond donors (Lipinski definition) is 4. The maximum atomic E-state index is 11.0. The highest BCUT2D eigenvalue weighted by atomic mass is 28.2. The Balaban J connectivity index is 0. The quantitative estimate of drug-likeness (QED) is 0.275. The second kappa shape index (κ2) is 15.9. The molecule has 6 N–H and O–H groups in total. The molecule has 0 spiro atoms. The maximum Gasteiger partial charge on any atom is 0.312 e. The van der Waals surface area contributed by atoms with Crippen LogP contribution in [0.5, 0.6) is 0 Å². The number of rotatable bonds is 9. The fourth-order valence-electron chi connectivity index (χ4n) is 1.17. The topological polar surface area (TPSA) is 127 Å². The molecule has 0 aromatic carbocycles. The van der Waals surface area contributed by atoms with Crippen LogP contribution in [0.1, 0.15) is 19.8 Å². The number of carbonyl (C=O) groups excluding carboxylic acids is 3. The van der Waals surface area contributed by atoms with Crippen LogP contribution in [0.3, 0.4) is 0 Å². The molecule has 9 heteroatoms. The molecule has 0 fully saturated rings. The molecule has 0 heterocycles. The SMILES string of the molecule is CC(=O)NCC(=O)[SiH2]CCCN.NC(=O)NCCC[SiH3]. The van der Waals surface area contributed by atoms with Crippen molar-refractivity contribution in [1.29, 1.82) is 0 Å². The van der Waals surface area contributed by atoms with Crippen molar-refractivity contribution in [3.05, 3.63) is 0 Å². The molecule has 20 heavy (non-hydrogen) atoms. The highest BCUT2D eigenvalue weighted by molar-refractivity contribution is 6.74. The van der Waals surface area contributed by atoms with Crippen LogP contribution in [0.15, 0.2) is 0 Å². The number of carbonyl (C=O) groups is 3. The molecule has 0 aromatic rings. The summed E-state index contributed by atoms with van der Waals surface area (Å²) in [6, 6.07) is 1.76. The zero-order valence-corrected chi connectivity index (χ0v) is 16.0. The molecule has 0 aliphatic carbocycles. The van der Waals surface area contributed by atoms with E-state index in [9.17, 15) is 14.4 Å². The Morgan fingerprint density at radius 3 is 2.30 bits per heavy atom. The largest absolute Gasteiger partial charge is 0.352 e. The van der Waals surface area contributed by atoms with E-state index in [-0.39, 0.29) is 17.9 Å². The summed E-state index contributed by atoms with van der Waals surface area (Å²) in [7, 11) is 0.555. The molecule has 0 bridgehead atoms. The van der Waals surface area contributed by atoms with E-state index < -0.39 is 15.6 Å². The van der Waals surface area contributed by atoms with Crippen LogP contribution in [0.2, 0.25) is 12.1 Å². The van der Waals surface area contributed by atoms with E-state index >= 15 is 0 Å². The lowest BCUT2D eigenvalue weighted by molar-refractivity contribution is -0.121. The molecule has 0 unspecified atom stereocenters. The van der Waals surface area contributed by atoms with Gasteiger partial charge in [-0.25, -0.2) is 4.79 Å². The smallest absolute Gasteiger partial charge is 0.312 e. The van der Waals surface area contributed by atoms with Gasteiger partial charge >= 0.3 is 6.03 Å². The Morgan fingerprint density at radius 2 is 1.85 bits per heavy atom. The van der Waals surface area contributed by atoms with Crippen molar-refractivity contribution >= 4 is 37.1 Å². The summed E-state index contributed by atoms with van der Waals surface area (Å²) in [4.78, 5) is 31.4. The number of nitrogens with two attached hydrogens (primary N) is 2. The first-order chi connectivity index (χ1) is 9.43. The van der Waals surface area contributed by atoms with Gasteiger partial charge in [-0.3, -0.25) is 4.79 Å². The van der Waals surface area contributed by atoms with E-state index in [1.807, 2.05) is 0 Å². The lowest BCUT2D eigenvalue weighted by Crippen LogP contribution is -2.30. The van der Waals surface area contributed by atoms with Gasteiger partial charge in [-0.15, -0.1) is 0 Å². The average Bonchev–Trinajstić information content (AvgIpc) is 2.37. The van der Waals surface area contributed by atoms with Crippen molar-refractivity contribution in [3.63, 3.8) is 0 Å². The molecular formula is C11H28N4O3Si2. The van der Waals surface area contributed by atoms with Gasteiger partial charge in [0.2, 0.25) is 5.91 Å². The molecule has 0 rings (SSSR count). The van der Waals surface area contributed by atoms with Gasteiger partial charge in [-0.2, -0.15) is 0 Å². The normalized spacial score (nSPS) is 9.90. The van der Waals surface area contributed by atoms with Crippen molar-refractivity contribution in [3.8, 4) is 0 Å². The molecular weight excluding hydrogens is 292 g/mol. The number of primary amides is 1. The summed E-state index contributed by atoms with van der Waals surface area (Å²) in [5.41, 5.74) is 10.1. The summed E-state index contributed by atoms with van der Waals surface area (Å²) in [5.74, 6) is -0.142. The highest BCUT2D eigenvalue weighted by Crippen LogP contribution is 1.85. The highest BCUT2D eigenvalue weighted by Gasteiger charge is 2.01. The zero-order valence-electron chi connectivity index (χ0n) is 12.5. The predicted octanol–water partition coefficient (Wildman–Crippen LogP) is -2.59. The van der Waals surface area contributed by atoms with E-state index in [4.69, 9.17) is 11.5 Å². The monoisotopic (exact) mass is 320 g/mol. The standard InChI is InChI=1S/C7H16N2O2Si.C4H12N2OSi/c1-6(10)9-5-7(11)12-4-2-3-8;5-4(7)6-2-1-3-8/h2-5,8,12H2,1H3,(H,9,10);1-3H2,8H3,(H3,5,6,7). The fourth-order valence-corrected chi connectivity index (χ4v) is 2.75. The van der Waals surface area contributed by atoms with Crippen LogP contribution in [0, 0.1) is 0 Å². The van der Waals surface area contributed by atoms with Crippen LogP contribution in [0.25, 0.3) is 0 Å². The lowest BCUT2D eigenvalue weighted by atomic mass is 10.5. The maximum absolute atomic E-state index is 11.0. The second-order valence-electron chi connectivity index (χ2n) is 4.34. The lowest BCUT2D eigenvalue weighted by Gasteiger charge is -1.99. The Labute approximate surface area is 125 Å². The molecule has 0 aromatic heterocycles. The molecule has 0 atom stereocenters. The zero-order chi connectivity index (χ0) is 15.8. The summed E-state index contributed by atoms with van der Waals surface area (Å²) in [6.45, 7) is 3.01. The summed E-state index contributed by atoms with van der Waals surface area (Å²) in [5, 5.41) is 5.20. The molecule has 0 saturated heterocycles. The molecule has 0 saturated carbocycles. The van der Waals surface area contributed by atoms with Gasteiger partial charge in [-0.05, 0) is 19.4 Å². The van der Waals surface area contributed by atoms with E-state index in [0.29, 0.717) is 6.54 Å². The van der Waals surface area contributed by atoms with Crippen molar-refractivity contribution in [2.75, 3.05) is 19.6 Å². The summed E-state index contributed by atoms with van der Waals surface area (Å²) in [6.07, 6.45) is 1.99. The average molecular weight is 321 g/mol. The number of amides is 3. The Kier molecular flexibility index (Phi) is 16.7. The predicted molar refractivity (Wildman–Crippen MR) is 87.7 cm³/mol. The molecule has 118 valence electrons. The first-order valence-electron chi connectivity index (χ1n) is 6.93. The van der Waals surface area contributed by atoms with Gasteiger partial charge in [0.1, 0.15) is 14.9 Å². The number of urea groups is 1. The Hall–Kier alpha value is -1.20. The van der Waals surface area contributed by atoms with E-state index in [1.54, 1.807) is 0 Å². The van der Waals surface area contributed by atoms with Crippen LogP contribution in [0.4, 0.5) is 4.79 Å². The third kappa shape index (κ3) is 22.0. The van der Waals surface area contributed by atoms with Crippen molar-refractivity contribution in [2.45, 2.75) is 31.9 Å². The summed E-state index contributed by atoms with van der Waals surface area (Å²) >= 11 is 0. The van der Waals surface area contributed by atoms with Gasteiger partial charge in [0.05, 0.1) is 6.54 Å². The minimum atomic E-state index is -0.652. The van der Waals surface area contributed by atoms with E-state index in [0.717, 1.165) is 25.4 Å². The van der Waals surface area contributed by atoms with Gasteiger partial charge in [-0.1, -0.05) is 12.1 Å². The Morgan fingerprint density at radius 1 is 1.20 bits per heavy atom. The van der Waals surface area contributed by atoms with Gasteiger partial charge in [0, 0.05) is 23.7 Å². The second-order valence-corrected chi connectivity index (χ2v) is 7.33. The number of nitrogens with one attached hydrogen (secondary N) is 2. The Bertz CT molecular complexity index is 291. The van der Waals surface area contributed by atoms with Gasteiger partial charge in [0.25, 0.3) is 0 Å². The number of hydrogen-bond acceptors (Lipinski definition) is 4. The third-order valence-electron chi connectivity index (χ3n) is 2.27. The molecule has 3 amide bonds. The first-order valence-corrected chi connectivity index (χ1v) is 10.1. The van der Waals surface area contributed by atoms with Crippen molar-refractivity contribution < 1.29 is 14.4 Å². The van der Waals surface area contributed by atoms with Crippen molar-refractivity contribution in [1.82, 2.24) is 10.6 Å². The van der Waals surface area contributed by atoms with Gasteiger partial charge in [0.15, 0.2) is 0 Å². The fraction of sp³-hybridized carbons (Fsp3) is 0.727. The molecule has 7 nitrogen and oxygen atoms in total. The molecule has 0 aliphatic heterocycles. The van der Waals surface area contributed by atoms with Crippen LogP contribution < -0.4 is 22.1 Å². The van der Waals surface area contributed by atoms with Crippen LogP contribution >= 0.6 is 0 Å². The first kappa shape index (κ1) is 21.1. The van der Waals surface area contributed by atoms with Crippen molar-refractivity contribution in [2.24, 2.45) is 11.5 Å². The van der Waals surface area contributed by atoms with E-state index in [1.165, 1.54) is 23.2 Å². The van der Waals surface area contributed by atoms with Crippen LogP contribution in [-0.4, -0.2) is 56.7 Å². The van der Waals surface area contributed by atoms with Gasteiger partial charge < -0.3 is 26.9 Å².